The van der Waals surface area contributed by atoms with Crippen molar-refractivity contribution in [3.05, 3.63) is 0 Å². The number of nitrogens with one attached hydrogen (secondary N) is 1. The highest BCUT2D eigenvalue weighted by Gasteiger charge is 2.33. The average Bonchev–Trinajstić information content (AvgIpc) is 2.24. The van der Waals surface area contributed by atoms with E-state index in [1.54, 1.807) is 20.9 Å². The van der Waals surface area contributed by atoms with Crippen molar-refractivity contribution in [2.24, 2.45) is 17.1 Å². The monoisotopic (exact) mass is 273 g/mol. The van der Waals surface area contributed by atoms with Crippen LogP contribution >= 0.6 is 12.2 Å². The standard InChI is InChI=1S/C12H23N3O2S/c1-8(2)6-14-9(16)7-15(5)11(17)12(3,4)10(13)18/h8H,6-7H2,1-5H3,(H2,13,18)(H,14,16). The Labute approximate surface area is 114 Å². The fourth-order valence-electron chi connectivity index (χ4n) is 1.24. The molecule has 2 amide bonds. The molecule has 0 saturated carbocycles. The Morgan fingerprint density at radius 2 is 1.89 bits per heavy atom. The molecule has 0 heterocycles. The normalized spacial score (nSPS) is 11.2. The molecule has 0 rings (SSSR count). The summed E-state index contributed by atoms with van der Waals surface area (Å²) in [6, 6.07) is 0. The zero-order valence-corrected chi connectivity index (χ0v) is 12.6. The molecule has 0 radical (unpaired) electrons. The van der Waals surface area contributed by atoms with Crippen LogP contribution in [0.3, 0.4) is 0 Å². The first-order chi connectivity index (χ1) is 8.09. The molecule has 0 unspecified atom stereocenters. The van der Waals surface area contributed by atoms with Crippen LogP contribution in [0, 0.1) is 11.3 Å². The van der Waals surface area contributed by atoms with E-state index in [9.17, 15) is 9.59 Å². The van der Waals surface area contributed by atoms with Gasteiger partial charge in [-0.25, -0.2) is 0 Å². The summed E-state index contributed by atoms with van der Waals surface area (Å²) in [6.07, 6.45) is 0. The minimum atomic E-state index is -0.928. The van der Waals surface area contributed by atoms with E-state index in [1.165, 1.54) is 4.90 Å². The van der Waals surface area contributed by atoms with Gasteiger partial charge in [-0.15, -0.1) is 0 Å². The number of carbonyl (C=O) groups excluding carboxylic acids is 2. The lowest BCUT2D eigenvalue weighted by Crippen LogP contribution is -2.48. The molecule has 0 aliphatic rings. The molecule has 3 N–H and O–H groups in total. The van der Waals surface area contributed by atoms with Gasteiger partial charge < -0.3 is 16.0 Å². The zero-order chi connectivity index (χ0) is 14.5. The van der Waals surface area contributed by atoms with Crippen molar-refractivity contribution < 1.29 is 9.59 Å². The van der Waals surface area contributed by atoms with Crippen molar-refractivity contribution in [2.45, 2.75) is 27.7 Å². The highest BCUT2D eigenvalue weighted by atomic mass is 32.1. The second-order valence-electron chi connectivity index (χ2n) is 5.35. The number of nitrogens with zero attached hydrogens (tertiary/aromatic N) is 1. The maximum Gasteiger partial charge on any atom is 0.239 e. The SMILES string of the molecule is CC(C)CNC(=O)CN(C)C(=O)C(C)(C)C(N)=S. The van der Waals surface area contributed by atoms with Gasteiger partial charge in [0.05, 0.1) is 16.9 Å². The van der Waals surface area contributed by atoms with Gasteiger partial charge in [-0.1, -0.05) is 26.1 Å². The number of carbonyl (C=O) groups is 2. The fraction of sp³-hybridized carbons (Fsp3) is 0.750. The first-order valence-electron chi connectivity index (χ1n) is 5.91. The molecule has 0 atom stereocenters. The fourth-order valence-corrected chi connectivity index (χ4v) is 1.33. The summed E-state index contributed by atoms with van der Waals surface area (Å²) in [5.74, 6) is -0.0593. The number of nitrogens with two attached hydrogens (primary N) is 1. The van der Waals surface area contributed by atoms with Crippen LogP contribution in [0.15, 0.2) is 0 Å². The first kappa shape index (κ1) is 16.8. The molecule has 0 aliphatic carbocycles. The van der Waals surface area contributed by atoms with E-state index in [0.29, 0.717) is 12.5 Å². The molecule has 0 fully saturated rings. The van der Waals surface area contributed by atoms with Crippen LogP contribution in [0.4, 0.5) is 0 Å². The molecular weight excluding hydrogens is 250 g/mol. The van der Waals surface area contributed by atoms with E-state index < -0.39 is 5.41 Å². The quantitative estimate of drug-likeness (QED) is 0.692. The smallest absolute Gasteiger partial charge is 0.239 e. The molecular formula is C12H23N3O2S. The van der Waals surface area contributed by atoms with Gasteiger partial charge in [0.1, 0.15) is 0 Å². The lowest BCUT2D eigenvalue weighted by atomic mass is 9.92. The Balaban J connectivity index is 4.41. The highest BCUT2D eigenvalue weighted by molar-refractivity contribution is 7.80. The zero-order valence-electron chi connectivity index (χ0n) is 11.7. The third-order valence-electron chi connectivity index (χ3n) is 2.59. The number of rotatable bonds is 6. The van der Waals surface area contributed by atoms with E-state index in [-0.39, 0.29) is 23.3 Å². The number of hydrogen-bond donors (Lipinski definition) is 2. The van der Waals surface area contributed by atoms with E-state index in [1.807, 2.05) is 13.8 Å². The van der Waals surface area contributed by atoms with E-state index in [2.05, 4.69) is 5.32 Å². The summed E-state index contributed by atoms with van der Waals surface area (Å²) in [7, 11) is 1.57. The molecule has 0 aromatic heterocycles. The predicted octanol–water partition coefficient (Wildman–Crippen LogP) is 0.529. The summed E-state index contributed by atoms with van der Waals surface area (Å²) in [5.41, 5.74) is 4.59. The molecule has 0 saturated heterocycles. The summed E-state index contributed by atoms with van der Waals surface area (Å²) in [5, 5.41) is 2.75. The van der Waals surface area contributed by atoms with Gasteiger partial charge in [0.15, 0.2) is 0 Å². The highest BCUT2D eigenvalue weighted by Crippen LogP contribution is 2.18. The van der Waals surface area contributed by atoms with Crippen molar-refractivity contribution in [2.75, 3.05) is 20.1 Å². The summed E-state index contributed by atoms with van der Waals surface area (Å²) < 4.78 is 0. The maximum atomic E-state index is 12.1. The Kier molecular flexibility index (Phi) is 6.25. The van der Waals surface area contributed by atoms with Crippen LogP contribution in [0.2, 0.25) is 0 Å². The van der Waals surface area contributed by atoms with Crippen LogP contribution in [0.5, 0.6) is 0 Å². The van der Waals surface area contributed by atoms with E-state index in [4.69, 9.17) is 18.0 Å². The van der Waals surface area contributed by atoms with Crippen molar-refractivity contribution in [3.63, 3.8) is 0 Å². The molecule has 0 aliphatic heterocycles. The number of amides is 2. The lowest BCUT2D eigenvalue weighted by molar-refractivity contribution is -0.139. The number of likely N-dealkylation sites (N-methyl/N-ethyl adjacent to an activating group) is 1. The average molecular weight is 273 g/mol. The molecule has 18 heavy (non-hydrogen) atoms. The van der Waals surface area contributed by atoms with Gasteiger partial charge in [0.2, 0.25) is 11.8 Å². The van der Waals surface area contributed by atoms with Crippen LogP contribution in [0.25, 0.3) is 0 Å². The minimum Gasteiger partial charge on any atom is -0.392 e. The van der Waals surface area contributed by atoms with Crippen LogP contribution < -0.4 is 11.1 Å². The van der Waals surface area contributed by atoms with Crippen molar-refractivity contribution in [1.82, 2.24) is 10.2 Å². The molecule has 0 bridgehead atoms. The third kappa shape index (κ3) is 5.00. The van der Waals surface area contributed by atoms with Gasteiger partial charge in [0, 0.05) is 13.6 Å². The minimum absolute atomic E-state index is 0.0115. The van der Waals surface area contributed by atoms with Crippen molar-refractivity contribution in [1.29, 1.82) is 0 Å². The summed E-state index contributed by atoms with van der Waals surface area (Å²) >= 11 is 4.86. The van der Waals surface area contributed by atoms with E-state index in [0.717, 1.165) is 0 Å². The van der Waals surface area contributed by atoms with Crippen molar-refractivity contribution >= 4 is 29.0 Å². The predicted molar refractivity (Wildman–Crippen MR) is 76.1 cm³/mol. The molecule has 0 aromatic rings. The van der Waals surface area contributed by atoms with Crippen LogP contribution in [-0.2, 0) is 9.59 Å². The Morgan fingerprint density at radius 1 is 1.39 bits per heavy atom. The largest absolute Gasteiger partial charge is 0.392 e. The molecule has 0 spiro atoms. The second-order valence-corrected chi connectivity index (χ2v) is 5.79. The van der Waals surface area contributed by atoms with Gasteiger partial charge >= 0.3 is 0 Å². The Hall–Kier alpha value is -1.17. The Bertz CT molecular complexity index is 340. The molecule has 104 valence electrons. The van der Waals surface area contributed by atoms with Gasteiger partial charge in [0.25, 0.3) is 0 Å². The van der Waals surface area contributed by atoms with E-state index >= 15 is 0 Å². The van der Waals surface area contributed by atoms with Crippen LogP contribution in [0.1, 0.15) is 27.7 Å². The maximum absolute atomic E-state index is 12.1. The van der Waals surface area contributed by atoms with Gasteiger partial charge in [-0.05, 0) is 19.8 Å². The van der Waals surface area contributed by atoms with Crippen molar-refractivity contribution in [3.8, 4) is 0 Å². The molecule has 6 heteroatoms. The van der Waals surface area contributed by atoms with Gasteiger partial charge in [-0.2, -0.15) is 0 Å². The third-order valence-corrected chi connectivity index (χ3v) is 3.10. The second kappa shape index (κ2) is 6.68. The molecule has 0 aromatic carbocycles. The number of thiocarbonyl (C=S) groups is 1. The van der Waals surface area contributed by atoms with Crippen LogP contribution in [-0.4, -0.2) is 41.8 Å². The molecule has 5 nitrogen and oxygen atoms in total. The number of hydrogen-bond acceptors (Lipinski definition) is 3. The topological polar surface area (TPSA) is 75.4 Å². The Morgan fingerprint density at radius 3 is 2.28 bits per heavy atom. The summed E-state index contributed by atoms with van der Waals surface area (Å²) in [4.78, 5) is 25.1. The van der Waals surface area contributed by atoms with Gasteiger partial charge in [-0.3, -0.25) is 9.59 Å². The lowest BCUT2D eigenvalue weighted by Gasteiger charge is -2.28. The first-order valence-corrected chi connectivity index (χ1v) is 6.32. The summed E-state index contributed by atoms with van der Waals surface area (Å²) in [6.45, 7) is 7.92.